The first-order valence-corrected chi connectivity index (χ1v) is 17.4. The lowest BCUT2D eigenvalue weighted by atomic mass is 10.0. The summed E-state index contributed by atoms with van der Waals surface area (Å²) in [5, 5.41) is 0. The van der Waals surface area contributed by atoms with Gasteiger partial charge in [0, 0.05) is 12.5 Å². The molecule has 0 aliphatic rings. The summed E-state index contributed by atoms with van der Waals surface area (Å²) in [7, 11) is 0. The molecule has 0 heterocycles. The number of hydrogen-bond acceptors (Lipinski definition) is 2. The smallest absolute Gasteiger partial charge is 0.331 e. The van der Waals surface area contributed by atoms with Crippen LogP contribution in [0.5, 0.6) is 0 Å². The highest BCUT2D eigenvalue weighted by Crippen LogP contribution is 2.15. The first-order chi connectivity index (χ1) is 21.2. The Morgan fingerprint density at radius 1 is 0.568 bits per heavy atom. The number of esters is 1. The molecule has 44 heavy (non-hydrogen) atoms. The molecule has 246 valence electrons. The molecule has 0 saturated heterocycles. The molecule has 0 N–H and O–H groups in total. The van der Waals surface area contributed by atoms with Crippen molar-refractivity contribution in [3.63, 3.8) is 0 Å². The zero-order chi connectivity index (χ0) is 32.7. The Morgan fingerprint density at radius 3 is 1.64 bits per heavy atom. The fourth-order valence-electron chi connectivity index (χ4n) is 4.60. The number of ether oxygens (including phenoxy) is 1. The van der Waals surface area contributed by atoms with E-state index < -0.39 is 0 Å². The quantitative estimate of drug-likeness (QED) is 0.0341. The number of carbonyl (C=O) groups excluding carboxylic acids is 1. The molecule has 0 fully saturated rings. The summed E-state index contributed by atoms with van der Waals surface area (Å²) in [6, 6.07) is 0. The highest BCUT2D eigenvalue weighted by atomic mass is 16.5. The lowest BCUT2D eigenvalue weighted by Gasteiger charge is -2.14. The zero-order valence-corrected chi connectivity index (χ0v) is 29.6. The second-order valence-electron chi connectivity index (χ2n) is 12.5. The van der Waals surface area contributed by atoms with Crippen LogP contribution in [0.25, 0.3) is 0 Å². The molecule has 0 spiro atoms. The van der Waals surface area contributed by atoms with Gasteiger partial charge in [0.1, 0.15) is 6.10 Å². The number of hydrogen-bond donors (Lipinski definition) is 0. The number of carbonyl (C=O) groups is 1. The maximum absolute atomic E-state index is 12.6. The lowest BCUT2D eigenvalue weighted by molar-refractivity contribution is -0.140. The molecule has 0 aromatic carbocycles. The molecule has 0 aromatic heterocycles. The Morgan fingerprint density at radius 2 is 1.07 bits per heavy atom. The van der Waals surface area contributed by atoms with Crippen molar-refractivity contribution in [3.8, 4) is 0 Å². The van der Waals surface area contributed by atoms with E-state index in [-0.39, 0.29) is 12.1 Å². The summed E-state index contributed by atoms with van der Waals surface area (Å²) < 4.78 is 5.83. The fourth-order valence-corrected chi connectivity index (χ4v) is 4.60. The first-order valence-electron chi connectivity index (χ1n) is 17.4. The molecule has 1 atom stereocenters. The van der Waals surface area contributed by atoms with Crippen molar-refractivity contribution < 1.29 is 9.53 Å². The lowest BCUT2D eigenvalue weighted by Crippen LogP contribution is -2.14. The van der Waals surface area contributed by atoms with Gasteiger partial charge in [-0.2, -0.15) is 0 Å². The zero-order valence-electron chi connectivity index (χ0n) is 29.6. The first kappa shape index (κ1) is 41.1. The second kappa shape index (κ2) is 30.2. The van der Waals surface area contributed by atoms with Gasteiger partial charge in [-0.3, -0.25) is 0 Å². The fraction of sp³-hybridized carbons (Fsp3) is 0.548. The van der Waals surface area contributed by atoms with Crippen molar-refractivity contribution in [1.82, 2.24) is 0 Å². The van der Waals surface area contributed by atoms with Crippen molar-refractivity contribution in [3.05, 3.63) is 107 Å². The molecule has 1 unspecified atom stereocenters. The van der Waals surface area contributed by atoms with Crippen molar-refractivity contribution >= 4 is 5.97 Å². The van der Waals surface area contributed by atoms with E-state index >= 15 is 0 Å². The van der Waals surface area contributed by atoms with Crippen LogP contribution in [0.4, 0.5) is 0 Å². The summed E-state index contributed by atoms with van der Waals surface area (Å²) >= 11 is 0. The van der Waals surface area contributed by atoms with Crippen molar-refractivity contribution in [2.45, 2.75) is 151 Å². The predicted octanol–water partition coefficient (Wildman–Crippen LogP) is 13.4. The minimum Gasteiger partial charge on any atom is -0.455 e. The van der Waals surface area contributed by atoms with Crippen LogP contribution in [0.3, 0.4) is 0 Å². The van der Waals surface area contributed by atoms with E-state index in [9.17, 15) is 4.79 Å². The molecular formula is C42H66O2. The minimum absolute atomic E-state index is 0.264. The van der Waals surface area contributed by atoms with Crippen LogP contribution in [-0.4, -0.2) is 12.1 Å². The van der Waals surface area contributed by atoms with Crippen LogP contribution >= 0.6 is 0 Å². The summed E-state index contributed by atoms with van der Waals surface area (Å²) in [4.78, 5) is 12.6. The van der Waals surface area contributed by atoms with Crippen LogP contribution in [-0.2, 0) is 9.53 Å². The average Bonchev–Trinajstić information content (AvgIpc) is 2.96. The summed E-state index contributed by atoms with van der Waals surface area (Å²) in [6.45, 7) is 15.1. The molecule has 0 bridgehead atoms. The van der Waals surface area contributed by atoms with Crippen LogP contribution in [0.1, 0.15) is 145 Å². The van der Waals surface area contributed by atoms with Crippen molar-refractivity contribution in [2.75, 3.05) is 0 Å². The van der Waals surface area contributed by atoms with Gasteiger partial charge in [-0.1, -0.05) is 153 Å². The predicted molar refractivity (Wildman–Crippen MR) is 197 cm³/mol. The molecule has 0 aliphatic carbocycles. The normalized spacial score (nSPS) is 13.6. The van der Waals surface area contributed by atoms with E-state index in [0.717, 1.165) is 32.1 Å². The third-order valence-corrected chi connectivity index (χ3v) is 7.24. The SMILES string of the molecule is CCCCCCCCCCC/C=C/C=C/C=C/C=C/C=C/C(=O)OC(/C=C(\C)CCC=C(C)C)C/C=C(\C)CCC=C(C)C. The Kier molecular flexibility index (Phi) is 28.2. The molecule has 2 heteroatoms. The highest BCUT2D eigenvalue weighted by Gasteiger charge is 2.10. The molecule has 0 amide bonds. The summed E-state index contributed by atoms with van der Waals surface area (Å²) in [5.74, 6) is -0.315. The average molecular weight is 603 g/mol. The second-order valence-corrected chi connectivity index (χ2v) is 12.5. The van der Waals surface area contributed by atoms with E-state index in [1.54, 1.807) is 6.08 Å². The van der Waals surface area contributed by atoms with Crippen molar-refractivity contribution in [2.24, 2.45) is 0 Å². The Hall–Kier alpha value is -2.87. The Balaban J connectivity index is 4.59. The minimum atomic E-state index is -0.315. The Bertz CT molecular complexity index is 998. The largest absolute Gasteiger partial charge is 0.455 e. The summed E-state index contributed by atoms with van der Waals surface area (Å²) in [6.07, 6.45) is 46.3. The van der Waals surface area contributed by atoms with E-state index in [1.807, 2.05) is 30.4 Å². The summed E-state index contributed by atoms with van der Waals surface area (Å²) in [5.41, 5.74) is 5.25. The van der Waals surface area contributed by atoms with Gasteiger partial charge in [-0.05, 0) is 86.1 Å². The highest BCUT2D eigenvalue weighted by molar-refractivity contribution is 5.82. The van der Waals surface area contributed by atoms with Gasteiger partial charge < -0.3 is 4.74 Å². The molecule has 0 saturated carbocycles. The van der Waals surface area contributed by atoms with Gasteiger partial charge in [0.25, 0.3) is 0 Å². The van der Waals surface area contributed by atoms with Crippen LogP contribution in [0, 0.1) is 0 Å². The van der Waals surface area contributed by atoms with Gasteiger partial charge in [0.05, 0.1) is 0 Å². The maximum atomic E-state index is 12.6. The van der Waals surface area contributed by atoms with Gasteiger partial charge in [0.15, 0.2) is 0 Å². The maximum Gasteiger partial charge on any atom is 0.331 e. The molecule has 0 aliphatic heterocycles. The standard InChI is InChI=1S/C42H66O2/c1-8-9-10-11-12-13-14-15-16-17-18-19-20-21-22-23-24-25-26-33-42(43)44-41(36-40(7)32-28-30-38(4)5)35-34-39(6)31-27-29-37(2)3/h18-26,29-30,33-34,36,41H,8-17,27-28,31-32,35H2,1-7H3/b19-18+,21-20+,23-22+,25-24+,33-26+,39-34+,40-36+. The van der Waals surface area contributed by atoms with Gasteiger partial charge in [-0.25, -0.2) is 4.79 Å². The molecular weight excluding hydrogens is 536 g/mol. The van der Waals surface area contributed by atoms with Crippen molar-refractivity contribution in [1.29, 1.82) is 0 Å². The number of unbranched alkanes of at least 4 members (excludes halogenated alkanes) is 9. The van der Waals surface area contributed by atoms with E-state index in [4.69, 9.17) is 4.74 Å². The number of allylic oxidation sites excluding steroid dienone is 15. The number of rotatable bonds is 25. The van der Waals surface area contributed by atoms with E-state index in [1.165, 1.54) is 86.2 Å². The topological polar surface area (TPSA) is 26.3 Å². The Labute approximate surface area is 273 Å². The van der Waals surface area contributed by atoms with Gasteiger partial charge in [-0.15, -0.1) is 0 Å². The van der Waals surface area contributed by atoms with Gasteiger partial charge >= 0.3 is 5.97 Å². The molecule has 0 rings (SSSR count). The van der Waals surface area contributed by atoms with Crippen LogP contribution < -0.4 is 0 Å². The molecule has 0 radical (unpaired) electrons. The van der Waals surface area contributed by atoms with Crippen LogP contribution in [0.2, 0.25) is 0 Å². The molecule has 0 aromatic rings. The molecule has 2 nitrogen and oxygen atoms in total. The third kappa shape index (κ3) is 30.6. The monoisotopic (exact) mass is 603 g/mol. The third-order valence-electron chi connectivity index (χ3n) is 7.24. The van der Waals surface area contributed by atoms with Crippen LogP contribution in [0.15, 0.2) is 107 Å². The van der Waals surface area contributed by atoms with E-state index in [2.05, 4.69) is 91.0 Å². The van der Waals surface area contributed by atoms with Gasteiger partial charge in [0.2, 0.25) is 0 Å². The van der Waals surface area contributed by atoms with E-state index in [0.29, 0.717) is 6.42 Å².